The van der Waals surface area contributed by atoms with E-state index in [1.54, 1.807) is 11.3 Å². The summed E-state index contributed by atoms with van der Waals surface area (Å²) in [5, 5.41) is 0. The molecule has 0 aromatic carbocycles. The monoisotopic (exact) mass is 293 g/mol. The molecule has 1 amide bonds. The number of likely N-dealkylation sites (tertiary alicyclic amines) is 1. The Morgan fingerprint density at radius 1 is 1.25 bits per heavy atom. The first-order chi connectivity index (χ1) is 9.47. The first-order valence-corrected chi connectivity index (χ1v) is 8.17. The average molecular weight is 293 g/mol. The SMILES string of the molecule is Cc1cc(C(=O)CCC(=O)N2CCC(C)CC2)c(C)s1. The van der Waals surface area contributed by atoms with E-state index >= 15 is 0 Å². The molecule has 0 atom stereocenters. The predicted octanol–water partition coefficient (Wildman–Crippen LogP) is 3.59. The van der Waals surface area contributed by atoms with E-state index in [1.807, 2.05) is 24.8 Å². The zero-order valence-corrected chi connectivity index (χ0v) is 13.4. The van der Waals surface area contributed by atoms with Gasteiger partial charge in [0.1, 0.15) is 0 Å². The number of ketones is 1. The van der Waals surface area contributed by atoms with Crippen LogP contribution in [0.4, 0.5) is 0 Å². The minimum absolute atomic E-state index is 0.102. The third-order valence-corrected chi connectivity index (χ3v) is 5.01. The maximum Gasteiger partial charge on any atom is 0.223 e. The Balaban J connectivity index is 1.84. The van der Waals surface area contributed by atoms with Gasteiger partial charge in [-0.3, -0.25) is 9.59 Å². The number of thiophene rings is 1. The molecule has 1 aromatic heterocycles. The highest BCUT2D eigenvalue weighted by Gasteiger charge is 2.21. The van der Waals surface area contributed by atoms with Gasteiger partial charge in [0.15, 0.2) is 5.78 Å². The maximum absolute atomic E-state index is 12.2. The van der Waals surface area contributed by atoms with Gasteiger partial charge in [-0.15, -0.1) is 11.3 Å². The van der Waals surface area contributed by atoms with Crippen LogP contribution < -0.4 is 0 Å². The van der Waals surface area contributed by atoms with Gasteiger partial charge in [0.2, 0.25) is 5.91 Å². The van der Waals surface area contributed by atoms with E-state index < -0.39 is 0 Å². The summed E-state index contributed by atoms with van der Waals surface area (Å²) in [5.74, 6) is 0.956. The van der Waals surface area contributed by atoms with Gasteiger partial charge in [-0.1, -0.05) is 6.92 Å². The fourth-order valence-corrected chi connectivity index (χ4v) is 3.62. The van der Waals surface area contributed by atoms with Crippen molar-refractivity contribution >= 4 is 23.0 Å². The topological polar surface area (TPSA) is 37.4 Å². The number of amides is 1. The highest BCUT2D eigenvalue weighted by Crippen LogP contribution is 2.23. The third-order valence-electron chi connectivity index (χ3n) is 4.04. The molecule has 20 heavy (non-hydrogen) atoms. The molecule has 2 rings (SSSR count). The second-order valence-corrected chi connectivity index (χ2v) is 7.27. The van der Waals surface area contributed by atoms with E-state index in [0.717, 1.165) is 47.2 Å². The highest BCUT2D eigenvalue weighted by molar-refractivity contribution is 7.12. The lowest BCUT2D eigenvalue weighted by Crippen LogP contribution is -2.38. The summed E-state index contributed by atoms with van der Waals surface area (Å²) in [6.45, 7) is 7.91. The first kappa shape index (κ1) is 15.2. The van der Waals surface area contributed by atoms with Crippen LogP contribution in [0.2, 0.25) is 0 Å². The predicted molar refractivity (Wildman–Crippen MR) is 82.3 cm³/mol. The fourth-order valence-electron chi connectivity index (χ4n) is 2.68. The molecule has 0 saturated carbocycles. The fraction of sp³-hybridized carbons (Fsp3) is 0.625. The van der Waals surface area contributed by atoms with E-state index in [-0.39, 0.29) is 11.7 Å². The van der Waals surface area contributed by atoms with Gasteiger partial charge in [-0.25, -0.2) is 0 Å². The summed E-state index contributed by atoms with van der Waals surface area (Å²) in [7, 11) is 0. The Kier molecular flexibility index (Phi) is 4.97. The number of carbonyl (C=O) groups is 2. The van der Waals surface area contributed by atoms with Crippen molar-refractivity contribution in [2.45, 2.75) is 46.5 Å². The molecule has 0 spiro atoms. The van der Waals surface area contributed by atoms with Crippen molar-refractivity contribution in [1.82, 2.24) is 4.90 Å². The molecule has 0 aliphatic carbocycles. The van der Waals surface area contributed by atoms with Gasteiger partial charge >= 0.3 is 0 Å². The van der Waals surface area contributed by atoms with Gasteiger partial charge < -0.3 is 4.90 Å². The smallest absolute Gasteiger partial charge is 0.223 e. The minimum Gasteiger partial charge on any atom is -0.343 e. The van der Waals surface area contributed by atoms with Gasteiger partial charge in [-0.05, 0) is 38.7 Å². The molecule has 1 aliphatic rings. The maximum atomic E-state index is 12.2. The number of hydrogen-bond acceptors (Lipinski definition) is 3. The third kappa shape index (κ3) is 3.69. The number of hydrogen-bond donors (Lipinski definition) is 0. The quantitative estimate of drug-likeness (QED) is 0.796. The molecule has 1 fully saturated rings. The van der Waals surface area contributed by atoms with Crippen LogP contribution in [-0.4, -0.2) is 29.7 Å². The lowest BCUT2D eigenvalue weighted by Gasteiger charge is -2.30. The van der Waals surface area contributed by atoms with Gasteiger partial charge in [0, 0.05) is 41.2 Å². The number of carbonyl (C=O) groups excluding carboxylic acids is 2. The van der Waals surface area contributed by atoms with Crippen molar-refractivity contribution in [2.75, 3.05) is 13.1 Å². The zero-order chi connectivity index (χ0) is 14.7. The summed E-state index contributed by atoms with van der Waals surface area (Å²) >= 11 is 1.64. The average Bonchev–Trinajstić information content (AvgIpc) is 2.75. The molecule has 1 aliphatic heterocycles. The van der Waals surface area contributed by atoms with Crippen LogP contribution in [0.1, 0.15) is 52.7 Å². The van der Waals surface area contributed by atoms with Crippen molar-refractivity contribution in [1.29, 1.82) is 0 Å². The minimum atomic E-state index is 0.102. The highest BCUT2D eigenvalue weighted by atomic mass is 32.1. The van der Waals surface area contributed by atoms with E-state index in [4.69, 9.17) is 0 Å². The van der Waals surface area contributed by atoms with Gasteiger partial charge in [0.25, 0.3) is 0 Å². The van der Waals surface area contributed by atoms with Crippen LogP contribution in [-0.2, 0) is 4.79 Å². The Hall–Kier alpha value is -1.16. The van der Waals surface area contributed by atoms with Crippen LogP contribution in [0.3, 0.4) is 0 Å². The Morgan fingerprint density at radius 2 is 1.90 bits per heavy atom. The molecule has 1 aromatic rings. The van der Waals surface area contributed by atoms with E-state index in [0.29, 0.717) is 12.8 Å². The second kappa shape index (κ2) is 6.53. The van der Waals surface area contributed by atoms with Crippen LogP contribution in [0.15, 0.2) is 6.07 Å². The Morgan fingerprint density at radius 3 is 2.45 bits per heavy atom. The molecule has 0 bridgehead atoms. The number of aryl methyl sites for hydroxylation is 2. The van der Waals surface area contributed by atoms with Crippen molar-refractivity contribution < 1.29 is 9.59 Å². The summed E-state index contributed by atoms with van der Waals surface area (Å²) in [6.07, 6.45) is 2.86. The van der Waals surface area contributed by atoms with Crippen LogP contribution in [0.25, 0.3) is 0 Å². The largest absolute Gasteiger partial charge is 0.343 e. The molecule has 0 N–H and O–H groups in total. The molecule has 110 valence electrons. The molecule has 0 unspecified atom stereocenters. The number of rotatable bonds is 4. The van der Waals surface area contributed by atoms with Gasteiger partial charge in [0.05, 0.1) is 0 Å². The van der Waals surface area contributed by atoms with Gasteiger partial charge in [-0.2, -0.15) is 0 Å². The summed E-state index contributed by atoms with van der Waals surface area (Å²) in [4.78, 5) is 28.4. The normalized spacial score (nSPS) is 16.4. The number of piperidine rings is 1. The van der Waals surface area contributed by atoms with E-state index in [2.05, 4.69) is 6.92 Å². The molecular formula is C16H23NO2S. The van der Waals surface area contributed by atoms with Crippen LogP contribution in [0.5, 0.6) is 0 Å². The molecule has 0 radical (unpaired) electrons. The van der Waals surface area contributed by atoms with Crippen molar-refractivity contribution in [3.63, 3.8) is 0 Å². The lowest BCUT2D eigenvalue weighted by molar-refractivity contribution is -0.132. The van der Waals surface area contributed by atoms with Crippen LogP contribution >= 0.6 is 11.3 Å². The van der Waals surface area contributed by atoms with E-state index in [1.165, 1.54) is 0 Å². The molecular weight excluding hydrogens is 270 g/mol. The first-order valence-electron chi connectivity index (χ1n) is 7.35. The molecule has 1 saturated heterocycles. The van der Waals surface area contributed by atoms with Crippen molar-refractivity contribution in [3.05, 3.63) is 21.4 Å². The Labute approximate surface area is 125 Å². The molecule has 2 heterocycles. The second-order valence-electron chi connectivity index (χ2n) is 5.81. The Bertz CT molecular complexity index is 499. The van der Waals surface area contributed by atoms with Crippen molar-refractivity contribution in [2.24, 2.45) is 5.92 Å². The van der Waals surface area contributed by atoms with Crippen molar-refractivity contribution in [3.8, 4) is 0 Å². The summed E-state index contributed by atoms with van der Waals surface area (Å²) in [6, 6.07) is 1.94. The van der Waals surface area contributed by atoms with Crippen LogP contribution in [0, 0.1) is 19.8 Å². The molecule has 4 heteroatoms. The molecule has 3 nitrogen and oxygen atoms in total. The summed E-state index contributed by atoms with van der Waals surface area (Å²) < 4.78 is 0. The number of nitrogens with zero attached hydrogens (tertiary/aromatic N) is 1. The lowest BCUT2D eigenvalue weighted by atomic mass is 9.98. The summed E-state index contributed by atoms with van der Waals surface area (Å²) in [5.41, 5.74) is 0.799. The van der Waals surface area contributed by atoms with E-state index in [9.17, 15) is 9.59 Å². The number of Topliss-reactive ketones (excluding diaryl/α,β-unsaturated/α-hetero) is 1. The standard InChI is InChI=1S/C16H23NO2S/c1-11-6-8-17(9-7-11)16(19)5-4-15(18)14-10-12(2)20-13(14)3/h10-11H,4-9H2,1-3H3. The zero-order valence-electron chi connectivity index (χ0n) is 12.6.